The summed E-state index contributed by atoms with van der Waals surface area (Å²) in [5, 5.41) is 8.59. The number of rotatable bonds is 8. The highest BCUT2D eigenvalue weighted by molar-refractivity contribution is 5.73. The van der Waals surface area contributed by atoms with Crippen LogP contribution in [0, 0.1) is 0 Å². The van der Waals surface area contributed by atoms with Gasteiger partial charge in [0.05, 0.1) is 7.11 Å². The lowest BCUT2D eigenvalue weighted by atomic mass is 10.1. The topological polar surface area (TPSA) is 98.9 Å². The van der Waals surface area contributed by atoms with Crippen LogP contribution in [0.4, 0.5) is 0 Å². The van der Waals surface area contributed by atoms with Gasteiger partial charge in [0.15, 0.2) is 0 Å². The van der Waals surface area contributed by atoms with Crippen LogP contribution in [0.1, 0.15) is 24.8 Å². The third-order valence-corrected chi connectivity index (χ3v) is 2.77. The molecule has 1 aromatic rings. The molecule has 6 heteroatoms. The molecule has 0 aromatic heterocycles. The Hall–Kier alpha value is -2.08. The Morgan fingerprint density at radius 3 is 2.50 bits per heavy atom. The molecule has 1 unspecified atom stereocenters. The fraction of sp³-hybridized carbons (Fsp3) is 0.429. The second kappa shape index (κ2) is 8.16. The van der Waals surface area contributed by atoms with Gasteiger partial charge < -0.3 is 20.3 Å². The number of carbonyl (C=O) groups excluding carboxylic acids is 1. The molecule has 0 fully saturated rings. The smallest absolute Gasteiger partial charge is 0.320 e. The number of esters is 1. The van der Waals surface area contributed by atoms with Crippen LogP contribution in [0.3, 0.4) is 0 Å². The zero-order chi connectivity index (χ0) is 15.0. The molecule has 6 nitrogen and oxygen atoms in total. The van der Waals surface area contributed by atoms with Crippen molar-refractivity contribution in [2.24, 2.45) is 5.73 Å². The van der Waals surface area contributed by atoms with Gasteiger partial charge in [0, 0.05) is 6.42 Å². The van der Waals surface area contributed by atoms with Crippen LogP contribution in [0.5, 0.6) is 5.75 Å². The van der Waals surface area contributed by atoms with Gasteiger partial charge in [-0.25, -0.2) is 0 Å². The summed E-state index contributed by atoms with van der Waals surface area (Å²) in [6.07, 6.45) is 0.818. The zero-order valence-corrected chi connectivity index (χ0v) is 11.4. The lowest BCUT2D eigenvalue weighted by Crippen LogP contribution is -2.29. The Balaban J connectivity index is 2.23. The van der Waals surface area contributed by atoms with Crippen LogP contribution in [0.2, 0.25) is 0 Å². The van der Waals surface area contributed by atoms with E-state index in [0.29, 0.717) is 6.42 Å². The second-order valence-corrected chi connectivity index (χ2v) is 4.35. The van der Waals surface area contributed by atoms with E-state index in [0.717, 1.165) is 11.3 Å². The minimum Gasteiger partial charge on any atom is -0.497 e. The van der Waals surface area contributed by atoms with Gasteiger partial charge in [0.1, 0.15) is 18.4 Å². The molecule has 20 heavy (non-hydrogen) atoms. The predicted octanol–water partition coefficient (Wildman–Crippen LogP) is 1.32. The number of ether oxygens (including phenoxy) is 2. The van der Waals surface area contributed by atoms with E-state index >= 15 is 0 Å². The minimum absolute atomic E-state index is 0.164. The van der Waals surface area contributed by atoms with Crippen molar-refractivity contribution in [3.63, 3.8) is 0 Å². The number of benzene rings is 1. The first kappa shape index (κ1) is 16.0. The van der Waals surface area contributed by atoms with Gasteiger partial charge in [-0.3, -0.25) is 9.59 Å². The van der Waals surface area contributed by atoms with Crippen LogP contribution in [0.15, 0.2) is 24.3 Å². The summed E-state index contributed by atoms with van der Waals surface area (Å²) in [7, 11) is 1.58. The van der Waals surface area contributed by atoms with E-state index in [-0.39, 0.29) is 25.4 Å². The van der Waals surface area contributed by atoms with Crippen molar-refractivity contribution in [3.05, 3.63) is 29.8 Å². The fourth-order valence-corrected chi connectivity index (χ4v) is 1.55. The van der Waals surface area contributed by atoms with Gasteiger partial charge in [-0.2, -0.15) is 0 Å². The number of carboxylic acid groups (broad SMARTS) is 1. The van der Waals surface area contributed by atoms with E-state index in [1.807, 2.05) is 12.1 Å². The van der Waals surface area contributed by atoms with Gasteiger partial charge in [-0.15, -0.1) is 0 Å². The van der Waals surface area contributed by atoms with Gasteiger partial charge in [-0.05, 0) is 30.5 Å². The monoisotopic (exact) mass is 281 g/mol. The average molecular weight is 281 g/mol. The van der Waals surface area contributed by atoms with Crippen molar-refractivity contribution in [1.29, 1.82) is 0 Å². The Kier molecular flexibility index (Phi) is 6.52. The molecule has 3 N–H and O–H groups in total. The number of nitrogens with two attached hydrogens (primary N) is 1. The highest BCUT2D eigenvalue weighted by Crippen LogP contribution is 2.12. The lowest BCUT2D eigenvalue weighted by Gasteiger charge is -2.07. The number of carbonyl (C=O) groups is 2. The van der Waals surface area contributed by atoms with Crippen molar-refractivity contribution < 1.29 is 24.2 Å². The summed E-state index contributed by atoms with van der Waals surface area (Å²) in [6.45, 7) is 0.188. The van der Waals surface area contributed by atoms with Crippen LogP contribution >= 0.6 is 0 Å². The first-order valence-electron chi connectivity index (χ1n) is 6.30. The minimum atomic E-state index is -1.06. The molecule has 0 bridgehead atoms. The summed E-state index contributed by atoms with van der Waals surface area (Å²) in [5.41, 5.74) is 6.19. The van der Waals surface area contributed by atoms with Crippen LogP contribution in [-0.4, -0.2) is 30.2 Å². The van der Waals surface area contributed by atoms with E-state index in [1.165, 1.54) is 0 Å². The van der Waals surface area contributed by atoms with Gasteiger partial charge in [-0.1, -0.05) is 12.1 Å². The lowest BCUT2D eigenvalue weighted by molar-refractivity contribution is -0.145. The first-order valence-corrected chi connectivity index (χ1v) is 6.30. The summed E-state index contributed by atoms with van der Waals surface area (Å²) < 4.78 is 10.1. The zero-order valence-electron chi connectivity index (χ0n) is 11.4. The summed E-state index contributed by atoms with van der Waals surface area (Å²) >= 11 is 0. The van der Waals surface area contributed by atoms with Gasteiger partial charge in [0.2, 0.25) is 0 Å². The molecule has 0 heterocycles. The molecule has 0 radical (unpaired) electrons. The third kappa shape index (κ3) is 5.71. The SMILES string of the molecule is COc1ccc(COC(=O)CCCC(N)C(=O)O)cc1. The van der Waals surface area contributed by atoms with Crippen molar-refractivity contribution >= 4 is 11.9 Å². The molecule has 110 valence electrons. The van der Waals surface area contributed by atoms with Gasteiger partial charge in [0.25, 0.3) is 0 Å². The summed E-state index contributed by atoms with van der Waals surface area (Å²) in [4.78, 5) is 21.9. The third-order valence-electron chi connectivity index (χ3n) is 2.77. The molecule has 0 saturated heterocycles. The molecular weight excluding hydrogens is 262 g/mol. The molecule has 0 aliphatic carbocycles. The second-order valence-electron chi connectivity index (χ2n) is 4.35. The van der Waals surface area contributed by atoms with Crippen molar-refractivity contribution in [2.45, 2.75) is 31.9 Å². The number of hydrogen-bond donors (Lipinski definition) is 2. The van der Waals surface area contributed by atoms with E-state index < -0.39 is 12.0 Å². The average Bonchev–Trinajstić information content (AvgIpc) is 2.45. The molecule has 1 atom stereocenters. The molecule has 0 spiro atoms. The highest BCUT2D eigenvalue weighted by atomic mass is 16.5. The molecule has 0 amide bonds. The predicted molar refractivity (Wildman–Crippen MR) is 72.3 cm³/mol. The molecule has 0 saturated carbocycles. The summed E-state index contributed by atoms with van der Waals surface area (Å²) in [5.74, 6) is -0.683. The maximum atomic E-state index is 11.5. The Bertz CT molecular complexity index is 443. The maximum Gasteiger partial charge on any atom is 0.320 e. The molecule has 1 aromatic carbocycles. The van der Waals surface area contributed by atoms with E-state index in [1.54, 1.807) is 19.2 Å². The highest BCUT2D eigenvalue weighted by Gasteiger charge is 2.12. The Morgan fingerprint density at radius 1 is 1.30 bits per heavy atom. The van der Waals surface area contributed by atoms with E-state index in [4.69, 9.17) is 20.3 Å². The molecule has 0 aliphatic heterocycles. The number of aliphatic carboxylic acids is 1. The van der Waals surface area contributed by atoms with Crippen molar-refractivity contribution in [2.75, 3.05) is 7.11 Å². The standard InChI is InChI=1S/C14H19NO5/c1-19-11-7-5-10(6-8-11)9-20-13(16)4-2-3-12(15)14(17)18/h5-8,12H,2-4,9,15H2,1H3,(H,17,18). The van der Waals surface area contributed by atoms with Crippen molar-refractivity contribution in [1.82, 2.24) is 0 Å². The Labute approximate surface area is 117 Å². The number of methoxy groups -OCH3 is 1. The fourth-order valence-electron chi connectivity index (χ4n) is 1.55. The largest absolute Gasteiger partial charge is 0.497 e. The van der Waals surface area contributed by atoms with E-state index in [2.05, 4.69) is 0 Å². The van der Waals surface area contributed by atoms with Crippen LogP contribution < -0.4 is 10.5 Å². The molecule has 1 rings (SSSR count). The Morgan fingerprint density at radius 2 is 1.95 bits per heavy atom. The number of hydrogen-bond acceptors (Lipinski definition) is 5. The molecular formula is C14H19NO5. The molecule has 0 aliphatic rings. The number of carboxylic acids is 1. The van der Waals surface area contributed by atoms with Gasteiger partial charge >= 0.3 is 11.9 Å². The van der Waals surface area contributed by atoms with Crippen molar-refractivity contribution in [3.8, 4) is 5.75 Å². The maximum absolute atomic E-state index is 11.5. The van der Waals surface area contributed by atoms with E-state index in [9.17, 15) is 9.59 Å². The quantitative estimate of drug-likeness (QED) is 0.697. The first-order chi connectivity index (χ1) is 9.52. The summed E-state index contributed by atoms with van der Waals surface area (Å²) in [6, 6.07) is 6.27. The van der Waals surface area contributed by atoms with Crippen LogP contribution in [-0.2, 0) is 20.9 Å². The normalized spacial score (nSPS) is 11.7. The van der Waals surface area contributed by atoms with Crippen LogP contribution in [0.25, 0.3) is 0 Å².